The van der Waals surface area contributed by atoms with E-state index < -0.39 is 11.9 Å². The topological polar surface area (TPSA) is 87.7 Å². The van der Waals surface area contributed by atoms with Crippen LogP contribution in [-0.4, -0.2) is 24.5 Å². The van der Waals surface area contributed by atoms with E-state index in [-0.39, 0.29) is 23.2 Å². The molecule has 0 spiro atoms. The Hall–Kier alpha value is -4.10. The van der Waals surface area contributed by atoms with Crippen LogP contribution < -0.4 is 20.3 Å². The van der Waals surface area contributed by atoms with Gasteiger partial charge in [0.25, 0.3) is 11.8 Å². The fourth-order valence-corrected chi connectivity index (χ4v) is 3.34. The number of carbonyl (C=O) groups excluding carboxylic acids is 3. The Bertz CT molecular complexity index is 1200. The van der Waals surface area contributed by atoms with Crippen LogP contribution in [0, 0.1) is 0 Å². The average molecular weight is 448 g/mol. The Morgan fingerprint density at radius 3 is 2.38 bits per heavy atom. The summed E-state index contributed by atoms with van der Waals surface area (Å²) in [5, 5.41) is 5.56. The van der Waals surface area contributed by atoms with Crippen molar-refractivity contribution < 1.29 is 19.1 Å². The van der Waals surface area contributed by atoms with Gasteiger partial charge in [-0.25, -0.2) is 9.69 Å². The van der Waals surface area contributed by atoms with Gasteiger partial charge >= 0.3 is 6.03 Å². The highest BCUT2D eigenvalue weighted by atomic mass is 35.5. The molecule has 0 atom stereocenters. The normalized spacial score (nSPS) is 14.4. The molecular weight excluding hydrogens is 430 g/mol. The average Bonchev–Trinajstić information content (AvgIpc) is 3.07. The lowest BCUT2D eigenvalue weighted by Crippen LogP contribution is -2.30. The van der Waals surface area contributed by atoms with E-state index in [4.69, 9.17) is 16.3 Å². The van der Waals surface area contributed by atoms with Crippen molar-refractivity contribution in [2.24, 2.45) is 0 Å². The summed E-state index contributed by atoms with van der Waals surface area (Å²) in [5.74, 6) is -0.460. The Morgan fingerprint density at radius 1 is 1.00 bits per heavy atom. The SMILES string of the molecule is O=C(COc1ccc(C=C2NC(=O)N(c3ccccc3)C2=O)cc1Cl)Nc1ccccc1. The summed E-state index contributed by atoms with van der Waals surface area (Å²) in [7, 11) is 0. The fourth-order valence-electron chi connectivity index (χ4n) is 3.10. The van der Waals surface area contributed by atoms with Gasteiger partial charge in [0, 0.05) is 5.69 Å². The van der Waals surface area contributed by atoms with E-state index in [9.17, 15) is 14.4 Å². The molecule has 0 saturated carbocycles. The number of carbonyl (C=O) groups is 3. The summed E-state index contributed by atoms with van der Waals surface area (Å²) >= 11 is 6.28. The minimum atomic E-state index is -0.525. The van der Waals surface area contributed by atoms with Gasteiger partial charge < -0.3 is 15.4 Å². The van der Waals surface area contributed by atoms with Crippen molar-refractivity contribution in [1.82, 2.24) is 5.32 Å². The van der Waals surface area contributed by atoms with E-state index in [2.05, 4.69) is 10.6 Å². The first-order chi connectivity index (χ1) is 15.5. The van der Waals surface area contributed by atoms with Gasteiger partial charge in [0.1, 0.15) is 11.4 Å². The molecule has 7 nitrogen and oxygen atoms in total. The molecule has 3 aromatic rings. The zero-order valence-corrected chi connectivity index (χ0v) is 17.5. The Kier molecular flexibility index (Phi) is 6.19. The van der Waals surface area contributed by atoms with E-state index in [1.165, 1.54) is 6.08 Å². The van der Waals surface area contributed by atoms with Crippen LogP contribution in [0.1, 0.15) is 5.56 Å². The molecular formula is C24H18ClN3O4. The minimum Gasteiger partial charge on any atom is -0.482 e. The molecule has 1 aliphatic heterocycles. The van der Waals surface area contributed by atoms with Gasteiger partial charge in [-0.15, -0.1) is 0 Å². The summed E-state index contributed by atoms with van der Waals surface area (Å²) < 4.78 is 5.50. The molecule has 32 heavy (non-hydrogen) atoms. The number of amides is 4. The number of imide groups is 1. The van der Waals surface area contributed by atoms with Crippen molar-refractivity contribution in [3.8, 4) is 5.75 Å². The number of rotatable bonds is 6. The molecule has 8 heteroatoms. The van der Waals surface area contributed by atoms with E-state index in [1.54, 1.807) is 60.7 Å². The number of halogens is 1. The third-order valence-electron chi connectivity index (χ3n) is 4.58. The van der Waals surface area contributed by atoms with Crippen LogP contribution >= 0.6 is 11.6 Å². The largest absolute Gasteiger partial charge is 0.482 e. The molecule has 1 saturated heterocycles. The minimum absolute atomic E-state index is 0.130. The number of benzene rings is 3. The number of anilines is 2. The van der Waals surface area contributed by atoms with E-state index in [0.717, 1.165) is 4.90 Å². The number of hydrogen-bond donors (Lipinski definition) is 2. The standard InChI is InChI=1S/C24H18ClN3O4/c25-19-13-16(11-12-21(19)32-15-22(29)26-17-7-3-1-4-8-17)14-20-23(30)28(24(31)27-20)18-9-5-2-6-10-18/h1-14H,15H2,(H,26,29)(H,27,31). The van der Waals surface area contributed by atoms with Crippen LogP contribution in [0.3, 0.4) is 0 Å². The van der Waals surface area contributed by atoms with Crippen LogP contribution in [0.4, 0.5) is 16.2 Å². The number of nitrogens with zero attached hydrogens (tertiary/aromatic N) is 1. The lowest BCUT2D eigenvalue weighted by atomic mass is 10.2. The van der Waals surface area contributed by atoms with Crippen molar-refractivity contribution in [3.63, 3.8) is 0 Å². The van der Waals surface area contributed by atoms with Gasteiger partial charge in [-0.3, -0.25) is 9.59 Å². The van der Waals surface area contributed by atoms with Gasteiger partial charge in [0.05, 0.1) is 10.7 Å². The van der Waals surface area contributed by atoms with Crippen molar-refractivity contribution >= 4 is 46.9 Å². The van der Waals surface area contributed by atoms with E-state index in [1.807, 2.05) is 18.2 Å². The highest BCUT2D eigenvalue weighted by Gasteiger charge is 2.34. The zero-order chi connectivity index (χ0) is 22.5. The number of urea groups is 1. The number of hydrogen-bond acceptors (Lipinski definition) is 4. The molecule has 4 rings (SSSR count). The predicted octanol–water partition coefficient (Wildman–Crippen LogP) is 4.45. The van der Waals surface area contributed by atoms with Crippen LogP contribution in [-0.2, 0) is 9.59 Å². The van der Waals surface area contributed by atoms with Crippen molar-refractivity contribution in [1.29, 1.82) is 0 Å². The molecule has 1 heterocycles. The molecule has 3 aromatic carbocycles. The third-order valence-corrected chi connectivity index (χ3v) is 4.87. The van der Waals surface area contributed by atoms with E-state index >= 15 is 0 Å². The first kappa shape index (κ1) is 21.1. The van der Waals surface area contributed by atoms with E-state index in [0.29, 0.717) is 22.7 Å². The smallest absolute Gasteiger partial charge is 0.333 e. The van der Waals surface area contributed by atoms with Crippen LogP contribution in [0.5, 0.6) is 5.75 Å². The second kappa shape index (κ2) is 9.36. The van der Waals surface area contributed by atoms with Gasteiger partial charge in [0.15, 0.2) is 6.61 Å². The highest BCUT2D eigenvalue weighted by molar-refractivity contribution is 6.32. The maximum Gasteiger partial charge on any atom is 0.333 e. The van der Waals surface area contributed by atoms with Gasteiger partial charge in [-0.05, 0) is 48.0 Å². The maximum atomic E-state index is 12.7. The Morgan fingerprint density at radius 2 is 1.69 bits per heavy atom. The highest BCUT2D eigenvalue weighted by Crippen LogP contribution is 2.28. The number of ether oxygens (including phenoxy) is 1. The van der Waals surface area contributed by atoms with Gasteiger partial charge in [-0.1, -0.05) is 54.1 Å². The Balaban J connectivity index is 1.42. The molecule has 1 fully saturated rings. The number of nitrogens with one attached hydrogen (secondary N) is 2. The molecule has 0 aliphatic carbocycles. The van der Waals surface area contributed by atoms with Crippen LogP contribution in [0.2, 0.25) is 5.02 Å². The lowest BCUT2D eigenvalue weighted by molar-refractivity contribution is -0.118. The molecule has 2 N–H and O–H groups in total. The van der Waals surface area contributed by atoms with Crippen molar-refractivity contribution in [3.05, 3.63) is 95.1 Å². The maximum absolute atomic E-state index is 12.7. The second-order valence-corrected chi connectivity index (χ2v) is 7.26. The quantitative estimate of drug-likeness (QED) is 0.431. The molecule has 0 bridgehead atoms. The second-order valence-electron chi connectivity index (χ2n) is 6.86. The first-order valence-electron chi connectivity index (χ1n) is 9.71. The zero-order valence-electron chi connectivity index (χ0n) is 16.7. The van der Waals surface area contributed by atoms with Gasteiger partial charge in [0.2, 0.25) is 0 Å². The molecule has 160 valence electrons. The summed E-state index contributed by atoms with van der Waals surface area (Å²) in [6.07, 6.45) is 1.53. The summed E-state index contributed by atoms with van der Waals surface area (Å²) in [6.45, 7) is -0.213. The van der Waals surface area contributed by atoms with Crippen molar-refractivity contribution in [2.75, 3.05) is 16.8 Å². The first-order valence-corrected chi connectivity index (χ1v) is 10.1. The fraction of sp³-hybridized carbons (Fsp3) is 0.0417. The van der Waals surface area contributed by atoms with Crippen LogP contribution in [0.15, 0.2) is 84.6 Å². The molecule has 0 aromatic heterocycles. The lowest BCUT2D eigenvalue weighted by Gasteiger charge is -2.11. The molecule has 0 radical (unpaired) electrons. The molecule has 0 unspecified atom stereocenters. The summed E-state index contributed by atoms with van der Waals surface area (Å²) in [4.78, 5) is 38.0. The summed E-state index contributed by atoms with van der Waals surface area (Å²) in [5.41, 5.74) is 1.87. The van der Waals surface area contributed by atoms with Crippen molar-refractivity contribution in [2.45, 2.75) is 0 Å². The predicted molar refractivity (Wildman–Crippen MR) is 122 cm³/mol. The monoisotopic (exact) mass is 447 g/mol. The molecule has 1 aliphatic rings. The van der Waals surface area contributed by atoms with Crippen LogP contribution in [0.25, 0.3) is 6.08 Å². The molecule has 4 amide bonds. The van der Waals surface area contributed by atoms with Gasteiger partial charge in [-0.2, -0.15) is 0 Å². The number of para-hydroxylation sites is 2. The third kappa shape index (κ3) is 4.79. The Labute approximate surface area is 189 Å². The summed E-state index contributed by atoms with van der Waals surface area (Å²) in [6, 6.07) is 22.0.